The molecule has 0 unspecified atom stereocenters. The van der Waals surface area contributed by atoms with Gasteiger partial charge in [-0.2, -0.15) is 0 Å². The van der Waals surface area contributed by atoms with Crippen molar-refractivity contribution in [3.05, 3.63) is 71.2 Å². The number of carbonyl (C=O) groups is 1. The Morgan fingerprint density at radius 3 is 2.67 bits per heavy atom. The number of esters is 1. The lowest BCUT2D eigenvalue weighted by molar-refractivity contribution is 0.0438. The highest BCUT2D eigenvalue weighted by molar-refractivity contribution is 7.89. The number of nitrogens with zero attached hydrogens (tertiary/aromatic N) is 1. The maximum absolute atomic E-state index is 12.2. The number of halogens is 1. The molecule has 9 heteroatoms. The second-order valence-electron chi connectivity index (χ2n) is 5.44. The molecule has 0 atom stereocenters. The predicted octanol–water partition coefficient (Wildman–Crippen LogP) is 3.26. The molecule has 2 aromatic carbocycles. The second kappa shape index (κ2) is 7.91. The molecule has 1 heterocycles. The highest BCUT2D eigenvalue weighted by Crippen LogP contribution is 2.22. The van der Waals surface area contributed by atoms with Crippen molar-refractivity contribution < 1.29 is 22.4 Å². The molecule has 3 rings (SSSR count). The molecular weight excluding hydrogens is 392 g/mol. The minimum absolute atomic E-state index is 0.0272. The molecule has 1 aromatic heterocycles. The third-order valence-corrected chi connectivity index (χ3v) is 5.32. The van der Waals surface area contributed by atoms with E-state index in [1.54, 1.807) is 24.3 Å². The second-order valence-corrected chi connectivity index (χ2v) is 7.76. The van der Waals surface area contributed by atoms with Gasteiger partial charge in [0.2, 0.25) is 15.9 Å². The van der Waals surface area contributed by atoms with Crippen molar-refractivity contribution in [2.45, 2.75) is 11.5 Å². The van der Waals surface area contributed by atoms with E-state index in [0.717, 1.165) is 5.56 Å². The van der Waals surface area contributed by atoms with Crippen LogP contribution in [0.2, 0.25) is 5.02 Å². The largest absolute Gasteiger partial charge is 0.452 e. The SMILES string of the molecule is CNS(=O)(=O)c1cccc(C(=O)OCc2ncc(-c3ccc(Cl)cc3)o2)c1. The first-order valence-electron chi connectivity index (χ1n) is 7.80. The van der Waals surface area contributed by atoms with Gasteiger partial charge >= 0.3 is 5.97 Å². The summed E-state index contributed by atoms with van der Waals surface area (Å²) >= 11 is 5.85. The molecule has 3 aromatic rings. The minimum atomic E-state index is -3.65. The number of ether oxygens (including phenoxy) is 1. The van der Waals surface area contributed by atoms with Crippen molar-refractivity contribution in [3.8, 4) is 11.3 Å². The molecule has 1 N–H and O–H groups in total. The first kappa shape index (κ1) is 19.1. The summed E-state index contributed by atoms with van der Waals surface area (Å²) < 4.78 is 36.5. The number of aromatic nitrogens is 1. The topological polar surface area (TPSA) is 98.5 Å². The van der Waals surface area contributed by atoms with Crippen LogP contribution in [0.25, 0.3) is 11.3 Å². The quantitative estimate of drug-likeness (QED) is 0.631. The summed E-state index contributed by atoms with van der Waals surface area (Å²) in [6, 6.07) is 12.6. The Labute approximate surface area is 161 Å². The van der Waals surface area contributed by atoms with E-state index in [9.17, 15) is 13.2 Å². The van der Waals surface area contributed by atoms with Crippen LogP contribution < -0.4 is 4.72 Å². The molecule has 0 aliphatic carbocycles. The molecule has 0 saturated carbocycles. The molecule has 0 amide bonds. The first-order valence-corrected chi connectivity index (χ1v) is 9.66. The number of nitrogens with one attached hydrogen (secondary N) is 1. The van der Waals surface area contributed by atoms with E-state index in [1.807, 2.05) is 0 Å². The fraction of sp³-hybridized carbons (Fsp3) is 0.111. The van der Waals surface area contributed by atoms with Gasteiger partial charge in [0.1, 0.15) is 0 Å². The lowest BCUT2D eigenvalue weighted by Crippen LogP contribution is -2.19. The van der Waals surface area contributed by atoms with Crippen molar-refractivity contribution in [2.24, 2.45) is 0 Å². The van der Waals surface area contributed by atoms with Crippen LogP contribution in [0.1, 0.15) is 16.2 Å². The summed E-state index contributed by atoms with van der Waals surface area (Å²) in [7, 11) is -2.36. The van der Waals surface area contributed by atoms with Crippen LogP contribution >= 0.6 is 11.6 Å². The van der Waals surface area contributed by atoms with Gasteiger partial charge in [0.15, 0.2) is 12.4 Å². The van der Waals surface area contributed by atoms with Crippen LogP contribution in [-0.4, -0.2) is 26.4 Å². The highest BCUT2D eigenvalue weighted by atomic mass is 35.5. The smallest absolute Gasteiger partial charge is 0.338 e. The third-order valence-electron chi connectivity index (χ3n) is 3.66. The van der Waals surface area contributed by atoms with Crippen LogP contribution in [0, 0.1) is 0 Å². The summed E-state index contributed by atoms with van der Waals surface area (Å²) in [5.74, 6) is 0.0431. The average Bonchev–Trinajstić information content (AvgIpc) is 3.16. The molecule has 0 fully saturated rings. The van der Waals surface area contributed by atoms with E-state index < -0.39 is 16.0 Å². The van der Waals surface area contributed by atoms with Gasteiger partial charge in [-0.15, -0.1) is 0 Å². The molecule has 0 aliphatic heterocycles. The highest BCUT2D eigenvalue weighted by Gasteiger charge is 2.16. The summed E-state index contributed by atoms with van der Waals surface area (Å²) in [6.07, 6.45) is 1.52. The average molecular weight is 407 g/mol. The van der Waals surface area contributed by atoms with Crippen LogP contribution in [-0.2, 0) is 21.4 Å². The third kappa shape index (κ3) is 4.54. The Morgan fingerprint density at radius 1 is 1.22 bits per heavy atom. The number of benzene rings is 2. The zero-order valence-electron chi connectivity index (χ0n) is 14.2. The molecule has 140 valence electrons. The normalized spacial score (nSPS) is 11.3. The van der Waals surface area contributed by atoms with Gasteiger partial charge in [-0.1, -0.05) is 17.7 Å². The number of carbonyl (C=O) groups excluding carboxylic acids is 1. The van der Waals surface area contributed by atoms with Gasteiger partial charge < -0.3 is 9.15 Å². The van der Waals surface area contributed by atoms with Crippen LogP contribution in [0.5, 0.6) is 0 Å². The van der Waals surface area contributed by atoms with Crippen molar-refractivity contribution in [2.75, 3.05) is 7.05 Å². The monoisotopic (exact) mass is 406 g/mol. The lowest BCUT2D eigenvalue weighted by Gasteiger charge is -2.05. The number of sulfonamides is 1. The Kier molecular flexibility index (Phi) is 5.59. The van der Waals surface area contributed by atoms with E-state index in [-0.39, 0.29) is 23.0 Å². The van der Waals surface area contributed by atoms with Crippen molar-refractivity contribution in [1.29, 1.82) is 0 Å². The van der Waals surface area contributed by atoms with Gasteiger partial charge in [0.25, 0.3) is 0 Å². The van der Waals surface area contributed by atoms with Crippen molar-refractivity contribution >= 4 is 27.6 Å². The van der Waals surface area contributed by atoms with Crippen LogP contribution in [0.3, 0.4) is 0 Å². The molecule has 0 bridgehead atoms. The van der Waals surface area contributed by atoms with E-state index in [1.165, 1.54) is 37.5 Å². The molecular formula is C18H15ClN2O5S. The van der Waals surface area contributed by atoms with Crippen LogP contribution in [0.15, 0.2) is 64.0 Å². The lowest BCUT2D eigenvalue weighted by atomic mass is 10.2. The Morgan fingerprint density at radius 2 is 1.96 bits per heavy atom. The number of oxazole rings is 1. The van der Waals surface area contributed by atoms with E-state index in [4.69, 9.17) is 20.8 Å². The fourth-order valence-corrected chi connectivity index (χ4v) is 3.14. The fourth-order valence-electron chi connectivity index (χ4n) is 2.24. The Balaban J connectivity index is 1.68. The summed E-state index contributed by atoms with van der Waals surface area (Å²) in [5.41, 5.74) is 0.894. The molecule has 0 aliphatic rings. The number of hydrogen-bond acceptors (Lipinski definition) is 6. The van der Waals surface area contributed by atoms with Gasteiger partial charge in [-0.25, -0.2) is 22.9 Å². The molecule has 7 nitrogen and oxygen atoms in total. The van der Waals surface area contributed by atoms with Gasteiger partial charge in [-0.3, -0.25) is 0 Å². The number of hydrogen-bond donors (Lipinski definition) is 1. The number of rotatable bonds is 6. The zero-order valence-corrected chi connectivity index (χ0v) is 15.8. The summed E-state index contributed by atoms with van der Waals surface area (Å²) in [6.45, 7) is -0.185. The van der Waals surface area contributed by atoms with Crippen molar-refractivity contribution in [1.82, 2.24) is 9.71 Å². The van der Waals surface area contributed by atoms with E-state index in [2.05, 4.69) is 9.71 Å². The molecule has 0 spiro atoms. The van der Waals surface area contributed by atoms with Crippen molar-refractivity contribution in [3.63, 3.8) is 0 Å². The van der Waals surface area contributed by atoms with E-state index in [0.29, 0.717) is 10.8 Å². The Bertz CT molecular complexity index is 1060. The molecule has 27 heavy (non-hydrogen) atoms. The predicted molar refractivity (Wildman–Crippen MR) is 98.8 cm³/mol. The summed E-state index contributed by atoms with van der Waals surface area (Å²) in [4.78, 5) is 16.2. The molecule has 0 saturated heterocycles. The maximum atomic E-state index is 12.2. The zero-order chi connectivity index (χ0) is 19.4. The van der Waals surface area contributed by atoms with Gasteiger partial charge in [-0.05, 0) is 49.5 Å². The summed E-state index contributed by atoms with van der Waals surface area (Å²) in [5, 5.41) is 0.606. The standard InChI is InChI=1S/C18H15ClN2O5S/c1-20-27(23,24)15-4-2-3-13(9-15)18(22)25-11-17-21-10-16(26-17)12-5-7-14(19)8-6-12/h2-10,20H,11H2,1H3. The van der Waals surface area contributed by atoms with E-state index >= 15 is 0 Å². The first-order chi connectivity index (χ1) is 12.9. The molecule has 0 radical (unpaired) electrons. The van der Waals surface area contributed by atoms with Crippen LogP contribution in [0.4, 0.5) is 0 Å². The van der Waals surface area contributed by atoms with Gasteiger partial charge in [0.05, 0.1) is 16.7 Å². The Hall–Kier alpha value is -2.68. The van der Waals surface area contributed by atoms with Gasteiger partial charge in [0, 0.05) is 10.6 Å². The minimum Gasteiger partial charge on any atom is -0.452 e. The maximum Gasteiger partial charge on any atom is 0.338 e.